The summed E-state index contributed by atoms with van der Waals surface area (Å²) in [4.78, 5) is 12.0. The second-order valence-electron chi connectivity index (χ2n) is 6.06. The number of aryl methyl sites for hydroxylation is 1. The molecule has 1 aromatic rings. The summed E-state index contributed by atoms with van der Waals surface area (Å²) in [5, 5.41) is 2.83. The molecule has 1 unspecified atom stereocenters. The number of carbonyl (C=O) groups is 1. The van der Waals surface area contributed by atoms with Gasteiger partial charge < -0.3 is 5.32 Å². The molecule has 0 radical (unpaired) electrons. The van der Waals surface area contributed by atoms with Crippen molar-refractivity contribution >= 4 is 33.4 Å². The third-order valence-electron chi connectivity index (χ3n) is 2.69. The first-order valence-corrected chi connectivity index (χ1v) is 7.60. The highest BCUT2D eigenvalue weighted by molar-refractivity contribution is 9.10. The maximum atomic E-state index is 12.0. The number of rotatable bonds is 4. The Morgan fingerprint density at radius 2 is 2.05 bits per heavy atom. The Balaban J connectivity index is 2.56. The molecule has 0 fully saturated rings. The molecule has 1 amide bonds. The summed E-state index contributed by atoms with van der Waals surface area (Å²) in [5.74, 6) is -0.0913. The zero-order valence-electron chi connectivity index (χ0n) is 11.9. The van der Waals surface area contributed by atoms with Crippen LogP contribution in [-0.4, -0.2) is 17.8 Å². The first-order chi connectivity index (χ1) is 8.69. The average Bonchev–Trinajstić information content (AvgIpc) is 2.23. The van der Waals surface area contributed by atoms with Gasteiger partial charge in [-0.3, -0.25) is 4.79 Å². The van der Waals surface area contributed by atoms with Gasteiger partial charge in [0.05, 0.1) is 10.9 Å². The van der Waals surface area contributed by atoms with Crippen LogP contribution in [0.15, 0.2) is 22.7 Å². The van der Waals surface area contributed by atoms with Crippen LogP contribution in [0.2, 0.25) is 0 Å². The molecule has 0 aliphatic carbocycles. The number of hydrogen-bond donors (Lipinski definition) is 1. The van der Waals surface area contributed by atoms with Gasteiger partial charge in [0, 0.05) is 11.0 Å². The van der Waals surface area contributed by atoms with Crippen LogP contribution in [0.25, 0.3) is 0 Å². The third-order valence-corrected chi connectivity index (χ3v) is 3.65. The largest absolute Gasteiger partial charge is 0.351 e. The van der Waals surface area contributed by atoms with E-state index in [1.54, 1.807) is 0 Å². The van der Waals surface area contributed by atoms with E-state index < -0.39 is 0 Å². The predicted octanol–water partition coefficient (Wildman–Crippen LogP) is 4.53. The highest BCUT2D eigenvalue weighted by Crippen LogP contribution is 2.23. The number of amides is 1. The van der Waals surface area contributed by atoms with Crippen molar-refractivity contribution in [1.82, 2.24) is 5.32 Å². The summed E-state index contributed by atoms with van der Waals surface area (Å²) in [6.07, 6.45) is 0.865. The Morgan fingerprint density at radius 1 is 1.42 bits per heavy atom. The van der Waals surface area contributed by atoms with E-state index in [2.05, 4.69) is 42.0 Å². The number of alkyl halides is 1. The first kappa shape index (κ1) is 16.5. The van der Waals surface area contributed by atoms with E-state index >= 15 is 0 Å². The minimum absolute atomic E-state index is 0.0480. The van der Waals surface area contributed by atoms with Crippen LogP contribution < -0.4 is 5.32 Å². The Bertz CT molecular complexity index is 454. The highest BCUT2D eigenvalue weighted by Gasteiger charge is 2.18. The van der Waals surface area contributed by atoms with Gasteiger partial charge in [0.1, 0.15) is 0 Å². The monoisotopic (exact) mass is 345 g/mol. The molecule has 0 heterocycles. The van der Waals surface area contributed by atoms with Crippen molar-refractivity contribution < 1.29 is 4.79 Å². The summed E-state index contributed by atoms with van der Waals surface area (Å²) in [7, 11) is 0. The molecule has 1 N–H and O–H groups in total. The van der Waals surface area contributed by atoms with Crippen LogP contribution in [0, 0.1) is 12.3 Å². The number of hydrogen-bond acceptors (Lipinski definition) is 1. The maximum absolute atomic E-state index is 12.0. The fourth-order valence-electron chi connectivity index (χ4n) is 1.84. The number of nitrogens with one attached hydrogen (secondary N) is 1. The lowest BCUT2D eigenvalue weighted by Gasteiger charge is -2.22. The fraction of sp³-hybridized carbons (Fsp3) is 0.533. The van der Waals surface area contributed by atoms with E-state index in [-0.39, 0.29) is 16.7 Å². The zero-order chi connectivity index (χ0) is 14.6. The molecule has 0 aromatic heterocycles. The zero-order valence-corrected chi connectivity index (χ0v) is 14.2. The standard InChI is InChI=1S/C15H21BrClNO/c1-10-5-6-12(13(16)7-10)14(19)18-9-11(17)8-15(2,3)4/h5-7,11H,8-9H2,1-4H3,(H,18,19). The molecule has 0 aliphatic rings. The normalized spacial score (nSPS) is 13.2. The molecule has 0 saturated carbocycles. The number of carbonyl (C=O) groups excluding carboxylic acids is 1. The first-order valence-electron chi connectivity index (χ1n) is 6.37. The molecule has 1 atom stereocenters. The molecular formula is C15H21BrClNO. The Morgan fingerprint density at radius 3 is 2.58 bits per heavy atom. The van der Waals surface area contributed by atoms with E-state index in [1.165, 1.54) is 0 Å². The van der Waals surface area contributed by atoms with Gasteiger partial charge >= 0.3 is 0 Å². The second kappa shape index (κ2) is 6.76. The Kier molecular flexibility index (Phi) is 5.87. The summed E-state index contributed by atoms with van der Waals surface area (Å²) >= 11 is 9.65. The van der Waals surface area contributed by atoms with Crippen LogP contribution in [0.1, 0.15) is 43.1 Å². The van der Waals surface area contributed by atoms with E-state index in [9.17, 15) is 4.79 Å². The van der Waals surface area contributed by atoms with Gasteiger partial charge in [-0.25, -0.2) is 0 Å². The number of benzene rings is 1. The topological polar surface area (TPSA) is 29.1 Å². The van der Waals surface area contributed by atoms with Crippen molar-refractivity contribution in [3.63, 3.8) is 0 Å². The van der Waals surface area contributed by atoms with Crippen LogP contribution in [0.3, 0.4) is 0 Å². The minimum atomic E-state index is -0.0913. The molecule has 0 saturated heterocycles. The Labute approximate surface area is 129 Å². The molecule has 0 aliphatic heterocycles. The molecule has 19 heavy (non-hydrogen) atoms. The van der Waals surface area contributed by atoms with Crippen LogP contribution in [0.4, 0.5) is 0 Å². The number of halogens is 2. The van der Waals surface area contributed by atoms with Crippen molar-refractivity contribution in [2.45, 2.75) is 39.5 Å². The molecule has 2 nitrogen and oxygen atoms in total. The summed E-state index contributed by atoms with van der Waals surface area (Å²) < 4.78 is 0.812. The van der Waals surface area contributed by atoms with E-state index in [1.807, 2.05) is 25.1 Å². The predicted molar refractivity (Wildman–Crippen MR) is 84.9 cm³/mol. The van der Waals surface area contributed by atoms with Gasteiger partial charge in [-0.1, -0.05) is 26.8 Å². The molecule has 1 rings (SSSR count). The van der Waals surface area contributed by atoms with E-state index in [4.69, 9.17) is 11.6 Å². The van der Waals surface area contributed by atoms with E-state index in [0.717, 1.165) is 16.5 Å². The van der Waals surface area contributed by atoms with Crippen LogP contribution in [0.5, 0.6) is 0 Å². The van der Waals surface area contributed by atoms with Crippen molar-refractivity contribution in [3.8, 4) is 0 Å². The SMILES string of the molecule is Cc1ccc(C(=O)NCC(Cl)CC(C)(C)C)c(Br)c1. The average molecular weight is 347 g/mol. The van der Waals surface area contributed by atoms with Gasteiger partial charge in [-0.05, 0) is 52.4 Å². The maximum Gasteiger partial charge on any atom is 0.252 e. The summed E-state index contributed by atoms with van der Waals surface area (Å²) in [6, 6.07) is 5.68. The minimum Gasteiger partial charge on any atom is -0.351 e. The molecular weight excluding hydrogens is 326 g/mol. The van der Waals surface area contributed by atoms with E-state index in [0.29, 0.717) is 12.1 Å². The van der Waals surface area contributed by atoms with Gasteiger partial charge in [-0.2, -0.15) is 0 Å². The van der Waals surface area contributed by atoms with Crippen molar-refractivity contribution in [2.24, 2.45) is 5.41 Å². The smallest absolute Gasteiger partial charge is 0.252 e. The molecule has 1 aromatic carbocycles. The summed E-state index contributed by atoms with van der Waals surface area (Å²) in [6.45, 7) is 8.89. The lowest BCUT2D eigenvalue weighted by Crippen LogP contribution is -2.31. The summed E-state index contributed by atoms with van der Waals surface area (Å²) in [5.41, 5.74) is 1.93. The molecule has 0 spiro atoms. The third kappa shape index (κ3) is 5.96. The lowest BCUT2D eigenvalue weighted by molar-refractivity contribution is 0.0951. The van der Waals surface area contributed by atoms with Crippen molar-refractivity contribution in [1.29, 1.82) is 0 Å². The molecule has 106 valence electrons. The van der Waals surface area contributed by atoms with Crippen LogP contribution in [-0.2, 0) is 0 Å². The second-order valence-corrected chi connectivity index (χ2v) is 7.53. The van der Waals surface area contributed by atoms with Crippen molar-refractivity contribution in [2.75, 3.05) is 6.54 Å². The van der Waals surface area contributed by atoms with Crippen molar-refractivity contribution in [3.05, 3.63) is 33.8 Å². The molecule has 4 heteroatoms. The highest BCUT2D eigenvalue weighted by atomic mass is 79.9. The Hall–Kier alpha value is -0.540. The fourth-order valence-corrected chi connectivity index (χ4v) is 3.05. The quantitative estimate of drug-likeness (QED) is 0.797. The lowest BCUT2D eigenvalue weighted by atomic mass is 9.90. The van der Waals surface area contributed by atoms with Gasteiger partial charge in [0.2, 0.25) is 0 Å². The van der Waals surface area contributed by atoms with Crippen LogP contribution >= 0.6 is 27.5 Å². The van der Waals surface area contributed by atoms with Gasteiger partial charge in [0.25, 0.3) is 5.91 Å². The van der Waals surface area contributed by atoms with Gasteiger partial charge in [-0.15, -0.1) is 11.6 Å². The van der Waals surface area contributed by atoms with Gasteiger partial charge in [0.15, 0.2) is 0 Å². The molecule has 0 bridgehead atoms.